The molecule has 1 unspecified atom stereocenters. The zero-order valence-electron chi connectivity index (χ0n) is 12.7. The van der Waals surface area contributed by atoms with Crippen molar-refractivity contribution in [2.75, 3.05) is 6.61 Å². The van der Waals surface area contributed by atoms with Crippen molar-refractivity contribution in [3.8, 4) is 11.5 Å². The molecule has 3 N–H and O–H groups in total. The molecule has 3 rings (SSSR count). The van der Waals surface area contributed by atoms with E-state index in [2.05, 4.69) is 10.6 Å². The van der Waals surface area contributed by atoms with E-state index in [0.29, 0.717) is 5.56 Å². The fourth-order valence-electron chi connectivity index (χ4n) is 2.61. The van der Waals surface area contributed by atoms with Crippen LogP contribution in [0.15, 0.2) is 36.4 Å². The zero-order valence-corrected chi connectivity index (χ0v) is 12.7. The molecule has 0 fully saturated rings. The molecule has 1 atom stereocenters. The number of aromatic hydroxyl groups is 1. The first-order valence-corrected chi connectivity index (χ1v) is 7.44. The minimum atomic E-state index is -0.739. The fraction of sp³-hybridized carbons (Fsp3) is 0.235. The number of carbonyl (C=O) groups excluding carboxylic acids is 1. The number of benzene rings is 2. The lowest BCUT2D eigenvalue weighted by atomic mass is 10.0. The van der Waals surface area contributed by atoms with Crippen molar-refractivity contribution >= 4 is 6.03 Å². The smallest absolute Gasteiger partial charge is 0.315 e. The van der Waals surface area contributed by atoms with Gasteiger partial charge in [0.15, 0.2) is 11.6 Å². The Balaban J connectivity index is 1.56. The molecule has 1 aliphatic heterocycles. The zero-order chi connectivity index (χ0) is 17.1. The summed E-state index contributed by atoms with van der Waals surface area (Å²) < 4.78 is 32.1. The van der Waals surface area contributed by atoms with Crippen LogP contribution in [-0.4, -0.2) is 23.8 Å². The molecular formula is C17H16F2N2O3. The lowest BCUT2D eigenvalue weighted by Gasteiger charge is -2.26. The van der Waals surface area contributed by atoms with Crippen LogP contribution in [0.1, 0.15) is 11.1 Å². The summed E-state index contributed by atoms with van der Waals surface area (Å²) in [6.45, 7) is 0.350. The highest BCUT2D eigenvalue weighted by Gasteiger charge is 2.24. The van der Waals surface area contributed by atoms with Crippen molar-refractivity contribution in [3.63, 3.8) is 0 Å². The van der Waals surface area contributed by atoms with Crippen LogP contribution in [0, 0.1) is 11.6 Å². The normalized spacial score (nSPS) is 16.0. The van der Waals surface area contributed by atoms with Gasteiger partial charge in [0.2, 0.25) is 0 Å². The number of rotatable bonds is 3. The van der Waals surface area contributed by atoms with Crippen LogP contribution in [0.25, 0.3) is 0 Å². The highest BCUT2D eigenvalue weighted by atomic mass is 19.1. The monoisotopic (exact) mass is 334 g/mol. The van der Waals surface area contributed by atoms with Gasteiger partial charge in [-0.3, -0.25) is 0 Å². The van der Waals surface area contributed by atoms with E-state index in [0.717, 1.165) is 11.6 Å². The summed E-state index contributed by atoms with van der Waals surface area (Å²) in [5, 5.41) is 14.7. The Labute approximate surface area is 137 Å². The van der Waals surface area contributed by atoms with Crippen LogP contribution in [-0.2, 0) is 13.0 Å². The molecule has 1 heterocycles. The van der Waals surface area contributed by atoms with Crippen molar-refractivity contribution in [1.82, 2.24) is 10.6 Å². The van der Waals surface area contributed by atoms with Crippen LogP contribution >= 0.6 is 0 Å². The molecule has 0 aliphatic carbocycles. The largest absolute Gasteiger partial charge is 0.508 e. The third-order valence-corrected chi connectivity index (χ3v) is 3.68. The van der Waals surface area contributed by atoms with Crippen molar-refractivity contribution in [3.05, 3.63) is 59.2 Å². The molecule has 24 heavy (non-hydrogen) atoms. The van der Waals surface area contributed by atoms with Crippen molar-refractivity contribution in [1.29, 1.82) is 0 Å². The molecule has 0 radical (unpaired) electrons. The van der Waals surface area contributed by atoms with Crippen molar-refractivity contribution < 1.29 is 23.4 Å². The van der Waals surface area contributed by atoms with Gasteiger partial charge in [-0.15, -0.1) is 0 Å². The topological polar surface area (TPSA) is 70.6 Å². The summed E-state index contributed by atoms with van der Waals surface area (Å²) in [7, 11) is 0. The molecule has 0 aromatic heterocycles. The van der Waals surface area contributed by atoms with E-state index in [9.17, 15) is 18.7 Å². The van der Waals surface area contributed by atoms with Crippen LogP contribution < -0.4 is 15.4 Å². The molecule has 2 aromatic carbocycles. The summed E-state index contributed by atoms with van der Waals surface area (Å²) in [6.07, 6.45) is 0.281. The van der Waals surface area contributed by atoms with Gasteiger partial charge in [-0.2, -0.15) is 0 Å². The first-order chi connectivity index (χ1) is 11.5. The van der Waals surface area contributed by atoms with E-state index < -0.39 is 17.7 Å². The van der Waals surface area contributed by atoms with Gasteiger partial charge in [-0.05, 0) is 30.2 Å². The van der Waals surface area contributed by atoms with Gasteiger partial charge in [0.25, 0.3) is 0 Å². The third kappa shape index (κ3) is 3.73. The maximum absolute atomic E-state index is 13.6. The standard InChI is InChI=1S/C17H16F2N2O3/c18-12-5-11-6-13(9-24-16(11)15(19)7-12)21-17(23)20-8-10-2-1-3-14(22)4-10/h1-5,7,13,22H,6,8-9H2,(H2,20,21,23). The van der Waals surface area contributed by atoms with Gasteiger partial charge in [0, 0.05) is 18.2 Å². The number of ether oxygens (including phenoxy) is 1. The molecule has 0 saturated carbocycles. The van der Waals surface area contributed by atoms with E-state index in [4.69, 9.17) is 4.74 Å². The summed E-state index contributed by atoms with van der Waals surface area (Å²) in [5.41, 5.74) is 1.14. The van der Waals surface area contributed by atoms with Crippen LogP contribution in [0.5, 0.6) is 11.5 Å². The molecule has 0 bridgehead atoms. The molecule has 7 heteroatoms. The Kier molecular flexibility index (Phi) is 4.50. The number of carbonyl (C=O) groups is 1. The van der Waals surface area contributed by atoms with Gasteiger partial charge >= 0.3 is 6.03 Å². The molecule has 0 spiro atoms. The Bertz CT molecular complexity index is 767. The number of phenolic OH excluding ortho intramolecular Hbond substituents is 1. The van der Waals surface area contributed by atoms with Gasteiger partial charge in [0.1, 0.15) is 18.2 Å². The number of hydrogen-bond donors (Lipinski definition) is 3. The predicted octanol–water partition coefficient (Wildman–Crippen LogP) is 2.47. The number of amides is 2. The van der Waals surface area contributed by atoms with E-state index >= 15 is 0 Å². The number of fused-ring (bicyclic) bond motifs is 1. The molecule has 5 nitrogen and oxygen atoms in total. The lowest BCUT2D eigenvalue weighted by molar-refractivity contribution is 0.209. The van der Waals surface area contributed by atoms with Crippen LogP contribution in [0.3, 0.4) is 0 Å². The quantitative estimate of drug-likeness (QED) is 0.808. The fourth-order valence-corrected chi connectivity index (χ4v) is 2.61. The highest BCUT2D eigenvalue weighted by molar-refractivity contribution is 5.74. The molecular weight excluding hydrogens is 318 g/mol. The Hall–Kier alpha value is -2.83. The maximum Gasteiger partial charge on any atom is 0.315 e. The van der Waals surface area contributed by atoms with Crippen molar-refractivity contribution in [2.24, 2.45) is 0 Å². The molecule has 2 amide bonds. The highest BCUT2D eigenvalue weighted by Crippen LogP contribution is 2.28. The van der Waals surface area contributed by atoms with Gasteiger partial charge in [-0.1, -0.05) is 12.1 Å². The minimum Gasteiger partial charge on any atom is -0.508 e. The van der Waals surface area contributed by atoms with E-state index in [1.165, 1.54) is 6.07 Å². The van der Waals surface area contributed by atoms with Gasteiger partial charge in [-0.25, -0.2) is 13.6 Å². The second kappa shape index (κ2) is 6.74. The average molecular weight is 334 g/mol. The van der Waals surface area contributed by atoms with Gasteiger partial charge in [0.05, 0.1) is 6.04 Å². The molecule has 2 aromatic rings. The lowest BCUT2D eigenvalue weighted by Crippen LogP contribution is -2.47. The van der Waals surface area contributed by atoms with Crippen LogP contribution in [0.4, 0.5) is 13.6 Å². The van der Waals surface area contributed by atoms with Crippen LogP contribution in [0.2, 0.25) is 0 Å². The number of phenols is 1. The Morgan fingerprint density at radius 2 is 2.12 bits per heavy atom. The Morgan fingerprint density at radius 1 is 1.29 bits per heavy atom. The second-order valence-corrected chi connectivity index (χ2v) is 5.58. The summed E-state index contributed by atoms with van der Waals surface area (Å²) in [6, 6.07) is 7.70. The van der Waals surface area contributed by atoms with Crippen molar-refractivity contribution in [2.45, 2.75) is 19.0 Å². The number of urea groups is 1. The molecule has 126 valence electrons. The maximum atomic E-state index is 13.6. The summed E-state index contributed by atoms with van der Waals surface area (Å²) in [4.78, 5) is 11.9. The first kappa shape index (κ1) is 16.0. The minimum absolute atomic E-state index is 0.0367. The summed E-state index contributed by atoms with van der Waals surface area (Å²) >= 11 is 0. The first-order valence-electron chi connectivity index (χ1n) is 7.44. The Morgan fingerprint density at radius 3 is 2.92 bits per heavy atom. The summed E-state index contributed by atoms with van der Waals surface area (Å²) in [5.74, 6) is -1.26. The molecule has 0 saturated heterocycles. The van der Waals surface area contributed by atoms with Gasteiger partial charge < -0.3 is 20.5 Å². The van der Waals surface area contributed by atoms with E-state index in [1.807, 2.05) is 0 Å². The van der Waals surface area contributed by atoms with E-state index in [1.54, 1.807) is 24.3 Å². The second-order valence-electron chi connectivity index (χ2n) is 5.58. The third-order valence-electron chi connectivity index (χ3n) is 3.68. The number of hydrogen-bond acceptors (Lipinski definition) is 3. The number of nitrogens with one attached hydrogen (secondary N) is 2. The number of halogens is 2. The molecule has 1 aliphatic rings. The average Bonchev–Trinajstić information content (AvgIpc) is 2.52. The van der Waals surface area contributed by atoms with E-state index in [-0.39, 0.29) is 37.1 Å². The predicted molar refractivity (Wildman–Crippen MR) is 82.8 cm³/mol. The SMILES string of the molecule is O=C(NCc1cccc(O)c1)NC1COc2c(F)cc(F)cc2C1.